The third kappa shape index (κ3) is 21.6. The van der Waals surface area contributed by atoms with Gasteiger partial charge in [0.1, 0.15) is 0 Å². The maximum absolute atomic E-state index is 14.4. The van der Waals surface area contributed by atoms with E-state index in [9.17, 15) is 9.59 Å². The first kappa shape index (κ1) is 93.3. The molecule has 2 saturated carbocycles. The first-order valence-electron chi connectivity index (χ1n) is 43.1. The zero-order chi connectivity index (χ0) is 86.1. The van der Waals surface area contributed by atoms with Gasteiger partial charge in [-0.1, -0.05) is 277 Å². The number of amides is 2. The number of aliphatic imine (C=N–C) groups is 2. The predicted octanol–water partition coefficient (Wildman–Crippen LogP) is 22.1. The van der Waals surface area contributed by atoms with E-state index >= 15 is 0 Å². The number of hydrogen-bond donors (Lipinski definition) is 2. The second-order valence-electron chi connectivity index (χ2n) is 32.6. The van der Waals surface area contributed by atoms with Gasteiger partial charge in [0.15, 0.2) is 23.0 Å². The van der Waals surface area contributed by atoms with E-state index < -0.39 is 45.3 Å². The second kappa shape index (κ2) is 45.4. The molecule has 10 aromatic carbocycles. The Labute approximate surface area is 768 Å². The smallest absolute Gasteiger partial charge is 0.0134 e. The van der Waals surface area contributed by atoms with E-state index in [0.717, 1.165) is 101 Å². The van der Waals surface area contributed by atoms with Crippen molar-refractivity contribution in [3.05, 3.63) is 340 Å². The summed E-state index contributed by atoms with van der Waals surface area (Å²) in [7, 11) is 12.3. The monoisotopic (exact) mass is 2010 g/mol. The molecule has 4 aliphatic carbocycles. The van der Waals surface area contributed by atoms with E-state index in [4.69, 9.17) is 50.0 Å². The number of benzene rings is 10. The molecular weight excluding hydrogens is 1900 g/mol. The van der Waals surface area contributed by atoms with E-state index in [1.807, 2.05) is 83.7 Å². The Morgan fingerprint density at radius 3 is 1.11 bits per heavy atom. The summed E-state index contributed by atoms with van der Waals surface area (Å²) in [4.78, 5) is 51.7. The van der Waals surface area contributed by atoms with Crippen LogP contribution in [0.4, 0.5) is 0 Å². The molecule has 4 heterocycles. The van der Waals surface area contributed by atoms with Crippen LogP contribution in [0.2, 0.25) is 13.3 Å². The molecule has 0 saturated heterocycles. The Morgan fingerprint density at radius 2 is 0.789 bits per heavy atom. The second-order valence-corrected chi connectivity index (χ2v) is 56.3. The van der Waals surface area contributed by atoms with Gasteiger partial charge in [0.05, 0.1) is 35.7 Å². The third-order valence-electron chi connectivity index (χ3n) is 25.4. The van der Waals surface area contributed by atoms with Gasteiger partial charge in [-0.05, 0) is 169 Å². The van der Waals surface area contributed by atoms with Crippen molar-refractivity contribution in [2.75, 3.05) is 14.2 Å². The largest absolute Gasteiger partial charge is 0.0622 e. The summed E-state index contributed by atoms with van der Waals surface area (Å²) in [5.41, 5.74) is 22.0. The molecule has 2 fully saturated rings. The van der Waals surface area contributed by atoms with E-state index in [2.05, 4.69) is 277 Å². The van der Waals surface area contributed by atoms with E-state index in [1.54, 1.807) is 51.6 Å². The number of rotatable bonds is 23. The molecule has 2 unspecified atom stereocenters. The summed E-state index contributed by atoms with van der Waals surface area (Å²) >= 11 is 4.99. The summed E-state index contributed by atoms with van der Waals surface area (Å²) in [5, 5.41) is 8.39. The Hall–Kier alpha value is -7.36. The van der Waals surface area contributed by atoms with Crippen LogP contribution in [-0.2, 0) is 72.0 Å². The topological polar surface area (TPSA) is 162 Å². The fraction of sp³-hybridized carbons (Fsp3) is 0.314. The molecule has 2 aliphatic heterocycles. The maximum atomic E-state index is 14.4. The third-order valence-corrected chi connectivity index (χ3v) is 50.7. The number of halogens is 3. The van der Waals surface area contributed by atoms with Crippen LogP contribution in [0, 0.1) is 10.8 Å². The molecule has 12 aromatic rings. The average molecular weight is 2020 g/mol. The van der Waals surface area contributed by atoms with Crippen molar-refractivity contribution in [2.45, 2.75) is 173 Å². The first-order valence-corrected chi connectivity index (χ1v) is 59.8. The van der Waals surface area contributed by atoms with Gasteiger partial charge in [-0.15, -0.1) is 11.3 Å². The van der Waals surface area contributed by atoms with Gasteiger partial charge in [0.25, 0.3) is 11.8 Å². The fourth-order valence-electron chi connectivity index (χ4n) is 19.2. The van der Waals surface area contributed by atoms with Crippen LogP contribution in [-0.4, -0.2) is 88.3 Å². The van der Waals surface area contributed by atoms with Crippen LogP contribution in [0.25, 0.3) is 10.4 Å². The van der Waals surface area contributed by atoms with Crippen molar-refractivity contribution >= 4 is 150 Å². The summed E-state index contributed by atoms with van der Waals surface area (Å²) in [6.07, 6.45) is 22.0. The predicted molar refractivity (Wildman–Crippen MR) is 522 cm³/mol. The minimum Gasteiger partial charge on any atom is -0.0622 e. The van der Waals surface area contributed by atoms with Crippen molar-refractivity contribution in [3.8, 4) is 10.4 Å². The number of guanidine groups is 2. The van der Waals surface area contributed by atoms with Gasteiger partial charge in [0, 0.05) is 35.7 Å². The number of carbonyl (C=O) groups excluding carboxylic acids is 2. The zero-order valence-corrected chi connectivity index (χ0v) is 81.9. The molecule has 0 bridgehead atoms. The van der Waals surface area contributed by atoms with Gasteiger partial charge in [-0.25, -0.2) is 9.98 Å². The average Bonchev–Trinajstić information content (AvgIpc) is 1.53. The maximum Gasteiger partial charge on any atom is -0.0134 e. The summed E-state index contributed by atoms with van der Waals surface area (Å²) < 4.78 is 18.7. The Morgan fingerprint density at radius 1 is 0.463 bits per heavy atom. The summed E-state index contributed by atoms with van der Waals surface area (Å²) in [6, 6.07) is 97.4. The van der Waals surface area contributed by atoms with Crippen molar-refractivity contribution in [3.63, 3.8) is 0 Å². The van der Waals surface area contributed by atoms with E-state index in [-0.39, 0.29) is 50.8 Å². The number of unbranched alkanes of at least 4 members (excludes halogenated alkanes) is 3. The molecule has 21 heteroatoms. The molecule has 0 radical (unpaired) electrons. The number of carbonyl (C=O) groups is 2. The summed E-state index contributed by atoms with van der Waals surface area (Å²) in [6.45, 7) is 7.88. The van der Waals surface area contributed by atoms with E-state index in [1.165, 1.54) is 81.5 Å². The molecule has 2 atom stereocenters. The van der Waals surface area contributed by atoms with Gasteiger partial charge < -0.3 is 20.9 Å². The van der Waals surface area contributed by atoms with Gasteiger partial charge in [-0.3, -0.25) is 24.4 Å². The van der Waals surface area contributed by atoms with Crippen molar-refractivity contribution < 1.29 is 35.0 Å². The molecule has 642 valence electrons. The first-order chi connectivity index (χ1) is 60.1. The number of nitrogens with two attached hydrogens (primary N) is 2. The number of ether oxygens (including phenoxy) is 2. The molecule has 123 heavy (non-hydrogen) atoms. The number of thiazole rings is 2. The Balaban J connectivity index is 0.000000135. The summed E-state index contributed by atoms with van der Waals surface area (Å²) in [5.74, 6) is 0.657. The Bertz CT molecular complexity index is 5010. The molecular formula is C102H113BrCl2N8O4P2PdS2Sn. The minimum absolute atomic E-state index is 0.00456. The Kier molecular flexibility index (Phi) is 34.4. The van der Waals surface area contributed by atoms with Crippen LogP contribution >= 0.6 is 73.5 Å². The normalized spacial score (nSPS) is 20.3. The number of methoxy groups -OCH3 is 2. The van der Waals surface area contributed by atoms with Gasteiger partial charge in [-0.2, -0.15) is 0 Å². The van der Waals surface area contributed by atoms with Gasteiger partial charge in [0.2, 0.25) is 0 Å². The van der Waals surface area contributed by atoms with Crippen LogP contribution in [0.5, 0.6) is 0 Å². The molecule has 12 nitrogen and oxygen atoms in total. The molecule has 2 amide bonds. The van der Waals surface area contributed by atoms with E-state index in [0.29, 0.717) is 25.0 Å². The quantitative estimate of drug-likeness (QED) is 0.0472. The fourth-order valence-corrected chi connectivity index (χ4v) is 44.1. The van der Waals surface area contributed by atoms with Crippen LogP contribution in [0.1, 0.15) is 144 Å². The number of aromatic nitrogens is 2. The van der Waals surface area contributed by atoms with Crippen LogP contribution in [0.15, 0.2) is 317 Å². The molecule has 6 aliphatic rings. The van der Waals surface area contributed by atoms with Crippen LogP contribution in [0.3, 0.4) is 0 Å². The molecule has 2 aromatic heterocycles. The zero-order valence-electron chi connectivity index (χ0n) is 71.0. The number of nitrogens with zero attached hydrogens (tertiary/aromatic N) is 6. The van der Waals surface area contributed by atoms with Gasteiger partial charge >= 0.3 is 157 Å². The minimum atomic E-state index is -2.08. The molecule has 4 N–H and O–H groups in total. The SMILES string of the molecule is CCC[CH2][Sn]([CH2]CCC)([CH2]CCC)[c]1cncs1.COC1CCC2(CC1)Cc1ccc(-c3cncs3)cc1C21N=C(N)N(Cc2ccccc2)C1=O.COC1CCC2(CC1)Cc1ccc(Br)cc1C21N=C(N)N(Cc2ccccc2)C1=O.[Cl][Pd][Cl].c1ccc(P(c2ccccc2)c2ccccc2)cc1.c1ccc(P(c2ccccc2)c2ccccc2)cc1. The molecule has 18 rings (SSSR count). The van der Waals surface area contributed by atoms with Crippen LogP contribution < -0.4 is 46.2 Å². The molecule has 4 spiro atoms. The van der Waals surface area contributed by atoms with Crippen molar-refractivity contribution in [2.24, 2.45) is 32.3 Å². The number of fused-ring (bicyclic) bond motifs is 6. The number of hydrogen-bond acceptors (Lipinski definition) is 12. The van der Waals surface area contributed by atoms with Crippen molar-refractivity contribution in [1.82, 2.24) is 19.8 Å². The standard InChI is InChI=1S/C27H28N4O2S.C24H26BrN3O2.2C18H15P.3C4H9.C3H2NS.2ClH.Pd.Sn/c1-33-21-9-11-26(12-10-21)14-20-8-7-19(23-15-29-17-34-23)13-22(20)27(26)24(32)31(25(28)30-27)16-18-5-3-2-4-6-18;1-30-19-9-11-23(12-10-19)14-17-7-8-18(25)13-20(17)24(23)21(29)28(22(26)27-24)15-16-5-3-2-4-6-16;2*1-4-10-16(11-5-1)19(17-12-6-2-7-13-17)18-14-8-3-9-15-18;3*1-3-4-2;1-2-5-3-4-1;;;;/h2-8,13,15,17,21H,9-12,14,16H2,1H3,(H2,28,30);2-8,13,19H,9-12,14-15H2,1H3,(H2,26,27);2*1-15H;3*1,3-4H2,2H3;1,3H;2*1H;;/q;;;;;;;;;;+2;/p-2. The van der Waals surface area contributed by atoms with Crippen molar-refractivity contribution in [1.29, 1.82) is 0 Å².